The van der Waals surface area contributed by atoms with Gasteiger partial charge in [0, 0.05) is 25.8 Å². The Bertz CT molecular complexity index is 678. The van der Waals surface area contributed by atoms with Gasteiger partial charge in [0.05, 0.1) is 6.10 Å². The van der Waals surface area contributed by atoms with Crippen LogP contribution in [0.3, 0.4) is 0 Å². The maximum atomic E-state index is 12.7. The molecular weight excluding hydrogens is 343 g/mol. The van der Waals surface area contributed by atoms with Crippen molar-refractivity contribution in [1.29, 1.82) is 0 Å². The van der Waals surface area contributed by atoms with Crippen molar-refractivity contribution in [1.82, 2.24) is 15.1 Å². The Morgan fingerprint density at radius 1 is 1.50 bits per heavy atom. The van der Waals surface area contributed by atoms with Crippen LogP contribution in [-0.2, 0) is 17.5 Å². The molecule has 3 rings (SSSR count). The fourth-order valence-electron chi connectivity index (χ4n) is 2.59. The van der Waals surface area contributed by atoms with Gasteiger partial charge in [-0.25, -0.2) is 0 Å². The first-order valence-electron chi connectivity index (χ1n) is 7.48. The van der Waals surface area contributed by atoms with Crippen molar-refractivity contribution in [3.05, 3.63) is 39.8 Å². The summed E-state index contributed by atoms with van der Waals surface area (Å²) < 4.78 is 43.6. The molecule has 1 saturated heterocycles. The van der Waals surface area contributed by atoms with E-state index in [0.717, 1.165) is 24.5 Å². The second-order valence-corrected chi connectivity index (χ2v) is 6.40. The molecule has 0 spiro atoms. The van der Waals surface area contributed by atoms with E-state index < -0.39 is 17.8 Å². The summed E-state index contributed by atoms with van der Waals surface area (Å²) in [7, 11) is 0. The summed E-state index contributed by atoms with van der Waals surface area (Å²) in [6.07, 6.45) is -2.89. The third-order valence-electron chi connectivity index (χ3n) is 3.79. The number of carbonyl (C=O) groups is 1. The van der Waals surface area contributed by atoms with Gasteiger partial charge in [0.25, 0.3) is 5.91 Å². The maximum Gasteiger partial charge on any atom is 0.432 e. The molecule has 0 aliphatic carbocycles. The highest BCUT2D eigenvalue weighted by Gasteiger charge is 2.34. The Kier molecular flexibility index (Phi) is 4.91. The number of amides is 1. The number of rotatable bonds is 5. The normalized spacial score (nSPS) is 18.0. The Balaban J connectivity index is 1.77. The lowest BCUT2D eigenvalue weighted by atomic mass is 10.2. The minimum Gasteiger partial charge on any atom is -0.376 e. The number of aromatic nitrogens is 2. The topological polar surface area (TPSA) is 58.2 Å². The molecule has 1 aliphatic rings. The van der Waals surface area contributed by atoms with Crippen LogP contribution in [0.15, 0.2) is 22.9 Å². The first-order chi connectivity index (χ1) is 11.4. The third kappa shape index (κ3) is 3.96. The van der Waals surface area contributed by atoms with E-state index >= 15 is 0 Å². The number of H-pyrrole nitrogens is 1. The standard InChI is InChI=1S/C15H16F3N3O2S/c16-15(17,18)13-6-12(19-20-13)14(22)21(7-10-3-5-24-9-10)8-11-2-1-4-23-11/h3,5-6,9,11H,1-2,4,7-8H2,(H,19,20). The minimum absolute atomic E-state index is 0.0892. The van der Waals surface area contributed by atoms with Crippen molar-refractivity contribution in [3.8, 4) is 0 Å². The number of ether oxygens (including phenoxy) is 1. The van der Waals surface area contributed by atoms with Crippen molar-refractivity contribution < 1.29 is 22.7 Å². The highest BCUT2D eigenvalue weighted by Crippen LogP contribution is 2.28. The van der Waals surface area contributed by atoms with E-state index in [2.05, 4.69) is 5.10 Å². The van der Waals surface area contributed by atoms with Crippen LogP contribution in [0.1, 0.15) is 34.6 Å². The summed E-state index contributed by atoms with van der Waals surface area (Å²) in [6, 6.07) is 2.63. The molecule has 1 atom stereocenters. The Hall–Kier alpha value is -1.87. The Labute approximate surface area is 140 Å². The lowest BCUT2D eigenvalue weighted by Gasteiger charge is -2.24. The minimum atomic E-state index is -4.56. The molecule has 1 N–H and O–H groups in total. The molecule has 24 heavy (non-hydrogen) atoms. The predicted octanol–water partition coefficient (Wildman–Crippen LogP) is 3.31. The largest absolute Gasteiger partial charge is 0.432 e. The van der Waals surface area contributed by atoms with E-state index in [-0.39, 0.29) is 11.8 Å². The molecule has 2 aromatic heterocycles. The zero-order valence-electron chi connectivity index (χ0n) is 12.7. The first kappa shape index (κ1) is 17.0. The van der Waals surface area contributed by atoms with Crippen LogP contribution in [0.2, 0.25) is 0 Å². The van der Waals surface area contributed by atoms with Gasteiger partial charge < -0.3 is 9.64 Å². The highest BCUT2D eigenvalue weighted by molar-refractivity contribution is 7.07. The van der Waals surface area contributed by atoms with Gasteiger partial charge in [0.15, 0.2) is 5.69 Å². The smallest absolute Gasteiger partial charge is 0.376 e. The van der Waals surface area contributed by atoms with Crippen LogP contribution in [0, 0.1) is 0 Å². The molecule has 1 aliphatic heterocycles. The number of nitrogens with zero attached hydrogens (tertiary/aromatic N) is 2. The molecule has 0 radical (unpaired) electrons. The van der Waals surface area contributed by atoms with Crippen molar-refractivity contribution in [3.63, 3.8) is 0 Å². The second-order valence-electron chi connectivity index (χ2n) is 5.62. The maximum absolute atomic E-state index is 12.7. The van der Waals surface area contributed by atoms with Crippen LogP contribution in [0.4, 0.5) is 13.2 Å². The Morgan fingerprint density at radius 3 is 2.92 bits per heavy atom. The molecule has 3 heterocycles. The fourth-order valence-corrected chi connectivity index (χ4v) is 3.25. The van der Waals surface area contributed by atoms with Crippen LogP contribution in [-0.4, -0.2) is 40.3 Å². The van der Waals surface area contributed by atoms with Crippen molar-refractivity contribution in [2.75, 3.05) is 13.2 Å². The van der Waals surface area contributed by atoms with E-state index in [0.29, 0.717) is 19.7 Å². The molecular formula is C15H16F3N3O2S. The molecule has 1 unspecified atom stereocenters. The third-order valence-corrected chi connectivity index (χ3v) is 4.52. The van der Waals surface area contributed by atoms with Gasteiger partial charge in [0.2, 0.25) is 0 Å². The summed E-state index contributed by atoms with van der Waals surface area (Å²) >= 11 is 1.50. The van der Waals surface area contributed by atoms with Crippen molar-refractivity contribution >= 4 is 17.2 Å². The summed E-state index contributed by atoms with van der Waals surface area (Å²) in [4.78, 5) is 14.1. The molecule has 5 nitrogen and oxygen atoms in total. The highest BCUT2D eigenvalue weighted by atomic mass is 32.1. The predicted molar refractivity (Wildman–Crippen MR) is 81.6 cm³/mol. The number of aromatic amines is 1. The lowest BCUT2D eigenvalue weighted by molar-refractivity contribution is -0.141. The number of alkyl halides is 3. The zero-order valence-corrected chi connectivity index (χ0v) is 13.5. The average Bonchev–Trinajstić information content (AvgIpc) is 3.27. The van der Waals surface area contributed by atoms with Crippen molar-refractivity contribution in [2.45, 2.75) is 31.7 Å². The number of hydrogen-bond acceptors (Lipinski definition) is 4. The molecule has 0 bridgehead atoms. The second kappa shape index (κ2) is 6.94. The van der Waals surface area contributed by atoms with Gasteiger partial charge in [-0.15, -0.1) is 0 Å². The fraction of sp³-hybridized carbons (Fsp3) is 0.467. The van der Waals surface area contributed by atoms with Crippen molar-refractivity contribution in [2.24, 2.45) is 0 Å². The number of nitrogens with one attached hydrogen (secondary N) is 1. The van der Waals surface area contributed by atoms with Gasteiger partial charge in [-0.3, -0.25) is 9.89 Å². The van der Waals surface area contributed by atoms with E-state index in [1.165, 1.54) is 16.2 Å². The summed E-state index contributed by atoms with van der Waals surface area (Å²) in [5.41, 5.74) is -0.341. The van der Waals surface area contributed by atoms with Gasteiger partial charge in [-0.05, 0) is 35.2 Å². The average molecular weight is 359 g/mol. The first-order valence-corrected chi connectivity index (χ1v) is 8.42. The lowest BCUT2D eigenvalue weighted by Crippen LogP contribution is -2.37. The monoisotopic (exact) mass is 359 g/mol. The van der Waals surface area contributed by atoms with Crippen LogP contribution in [0.5, 0.6) is 0 Å². The van der Waals surface area contributed by atoms with E-state index in [9.17, 15) is 18.0 Å². The molecule has 0 aromatic carbocycles. The molecule has 1 fully saturated rings. The summed E-state index contributed by atoms with van der Waals surface area (Å²) in [5, 5.41) is 9.21. The van der Waals surface area contributed by atoms with Gasteiger partial charge in [0.1, 0.15) is 5.69 Å². The van der Waals surface area contributed by atoms with E-state index in [4.69, 9.17) is 4.74 Å². The number of carbonyl (C=O) groups excluding carboxylic acids is 1. The number of halogens is 3. The molecule has 2 aromatic rings. The molecule has 130 valence electrons. The van der Waals surface area contributed by atoms with Crippen LogP contribution in [0.25, 0.3) is 0 Å². The number of thiophene rings is 1. The zero-order chi connectivity index (χ0) is 17.2. The van der Waals surface area contributed by atoms with Gasteiger partial charge >= 0.3 is 6.18 Å². The van der Waals surface area contributed by atoms with Gasteiger partial charge in [-0.1, -0.05) is 0 Å². The molecule has 1 amide bonds. The SMILES string of the molecule is O=C(c1cc(C(F)(F)F)[nH]n1)N(Cc1ccsc1)CC1CCCO1. The summed E-state index contributed by atoms with van der Waals surface area (Å²) in [5.74, 6) is -0.538. The summed E-state index contributed by atoms with van der Waals surface area (Å²) in [6.45, 7) is 1.30. The molecule has 9 heteroatoms. The van der Waals surface area contributed by atoms with Gasteiger partial charge in [-0.2, -0.15) is 29.6 Å². The van der Waals surface area contributed by atoms with E-state index in [1.807, 2.05) is 21.9 Å². The van der Waals surface area contributed by atoms with Crippen LogP contribution >= 0.6 is 11.3 Å². The quantitative estimate of drug-likeness (QED) is 0.891. The van der Waals surface area contributed by atoms with E-state index in [1.54, 1.807) is 0 Å². The number of hydrogen-bond donors (Lipinski definition) is 1. The molecule has 0 saturated carbocycles. The Morgan fingerprint density at radius 2 is 2.33 bits per heavy atom. The van der Waals surface area contributed by atoms with Crippen LogP contribution < -0.4 is 0 Å².